The number of hydrogen-bond donors (Lipinski definition) is 1. The van der Waals surface area contributed by atoms with Crippen LogP contribution in [0.5, 0.6) is 0 Å². The van der Waals surface area contributed by atoms with Crippen LogP contribution in [0.25, 0.3) is 0 Å². The Morgan fingerprint density at radius 3 is 2.73 bits per heavy atom. The van der Waals surface area contributed by atoms with Crippen LogP contribution in [0.3, 0.4) is 0 Å². The number of fused-ring (bicyclic) bond motifs is 2. The Morgan fingerprint density at radius 2 is 1.88 bits per heavy atom. The van der Waals surface area contributed by atoms with E-state index in [-0.39, 0.29) is 17.9 Å². The van der Waals surface area contributed by atoms with Gasteiger partial charge in [-0.1, -0.05) is 42.5 Å². The van der Waals surface area contributed by atoms with E-state index in [0.717, 1.165) is 23.1 Å². The second kappa shape index (κ2) is 7.30. The van der Waals surface area contributed by atoms with Crippen molar-refractivity contribution >= 4 is 11.8 Å². The highest BCUT2D eigenvalue weighted by molar-refractivity contribution is 5.98. The van der Waals surface area contributed by atoms with Crippen LogP contribution in [-0.2, 0) is 22.5 Å². The number of hydrogen-bond acceptors (Lipinski definition) is 3. The maximum atomic E-state index is 12.3. The number of amides is 2. The van der Waals surface area contributed by atoms with Crippen LogP contribution < -0.4 is 5.32 Å². The van der Waals surface area contributed by atoms with Gasteiger partial charge in [-0.15, -0.1) is 0 Å². The fraction of sp³-hybridized carbons (Fsp3) is 0.333. The van der Waals surface area contributed by atoms with E-state index in [2.05, 4.69) is 17.4 Å². The van der Waals surface area contributed by atoms with Crippen LogP contribution in [0.2, 0.25) is 0 Å². The number of carbonyl (C=O) groups is 2. The molecule has 5 heteroatoms. The van der Waals surface area contributed by atoms with E-state index < -0.39 is 0 Å². The van der Waals surface area contributed by atoms with Crippen LogP contribution in [-0.4, -0.2) is 36.4 Å². The lowest BCUT2D eigenvalue weighted by Crippen LogP contribution is -2.34. The Labute approximate surface area is 153 Å². The molecular weight excluding hydrogens is 328 g/mol. The maximum Gasteiger partial charge on any atom is 0.254 e. The van der Waals surface area contributed by atoms with Crippen molar-refractivity contribution < 1.29 is 14.3 Å². The molecule has 2 aromatic carbocycles. The van der Waals surface area contributed by atoms with E-state index in [9.17, 15) is 9.59 Å². The molecule has 0 bridgehead atoms. The molecule has 1 N–H and O–H groups in total. The highest BCUT2D eigenvalue weighted by Crippen LogP contribution is 2.26. The molecule has 0 aliphatic carbocycles. The Hall–Kier alpha value is -2.66. The molecule has 4 rings (SSSR count). The van der Waals surface area contributed by atoms with Gasteiger partial charge < -0.3 is 15.0 Å². The van der Waals surface area contributed by atoms with Gasteiger partial charge >= 0.3 is 0 Å². The van der Waals surface area contributed by atoms with Crippen LogP contribution >= 0.6 is 0 Å². The predicted octanol–water partition coefficient (Wildman–Crippen LogP) is 2.46. The zero-order valence-corrected chi connectivity index (χ0v) is 14.6. The van der Waals surface area contributed by atoms with Gasteiger partial charge in [0, 0.05) is 31.6 Å². The molecule has 0 radical (unpaired) electrons. The Morgan fingerprint density at radius 1 is 1.12 bits per heavy atom. The number of rotatable bonds is 5. The van der Waals surface area contributed by atoms with Crippen molar-refractivity contribution in [1.82, 2.24) is 10.2 Å². The number of nitrogens with one attached hydrogen (secondary N) is 1. The third kappa shape index (κ3) is 3.35. The molecule has 2 aromatic rings. The lowest BCUT2D eigenvalue weighted by atomic mass is 9.97. The number of benzene rings is 2. The van der Waals surface area contributed by atoms with Gasteiger partial charge in [-0.3, -0.25) is 9.59 Å². The van der Waals surface area contributed by atoms with Gasteiger partial charge in [-0.2, -0.15) is 0 Å². The van der Waals surface area contributed by atoms with Crippen molar-refractivity contribution in [2.24, 2.45) is 0 Å². The average Bonchev–Trinajstić information content (AvgIpc) is 3.01. The van der Waals surface area contributed by atoms with E-state index in [4.69, 9.17) is 4.74 Å². The molecule has 26 heavy (non-hydrogen) atoms. The molecule has 0 spiro atoms. The molecular formula is C21H22N2O3. The van der Waals surface area contributed by atoms with Crippen LogP contribution in [0.15, 0.2) is 48.5 Å². The van der Waals surface area contributed by atoms with Crippen molar-refractivity contribution in [2.45, 2.75) is 25.5 Å². The monoisotopic (exact) mass is 350 g/mol. The summed E-state index contributed by atoms with van der Waals surface area (Å²) in [5.74, 6) is -0.0432. The summed E-state index contributed by atoms with van der Waals surface area (Å²) >= 11 is 0. The minimum absolute atomic E-state index is 0.0120. The lowest BCUT2D eigenvalue weighted by molar-refractivity contribution is -0.122. The van der Waals surface area contributed by atoms with Gasteiger partial charge in [0.05, 0.1) is 6.61 Å². The molecule has 0 fully saturated rings. The molecule has 5 nitrogen and oxygen atoms in total. The fourth-order valence-corrected chi connectivity index (χ4v) is 3.67. The summed E-state index contributed by atoms with van der Waals surface area (Å²) in [5, 5.41) is 2.95. The summed E-state index contributed by atoms with van der Waals surface area (Å²) in [5.41, 5.74) is 4.23. The SMILES string of the molecule is O=C(CCN1Cc2ccccc2C1=O)NCC1OCCc2ccccc21. The molecule has 2 aliphatic heterocycles. The van der Waals surface area contributed by atoms with Crippen molar-refractivity contribution in [3.05, 3.63) is 70.8 Å². The molecule has 134 valence electrons. The first-order valence-electron chi connectivity index (χ1n) is 9.05. The molecule has 0 aromatic heterocycles. The predicted molar refractivity (Wildman–Crippen MR) is 97.6 cm³/mol. The van der Waals surface area contributed by atoms with Gasteiger partial charge in [0.25, 0.3) is 5.91 Å². The van der Waals surface area contributed by atoms with Gasteiger partial charge in [0.2, 0.25) is 5.91 Å². The number of ether oxygens (including phenoxy) is 1. The summed E-state index contributed by atoms with van der Waals surface area (Å²) in [6, 6.07) is 15.8. The Kier molecular flexibility index (Phi) is 4.71. The quantitative estimate of drug-likeness (QED) is 0.901. The molecule has 2 heterocycles. The topological polar surface area (TPSA) is 58.6 Å². The smallest absolute Gasteiger partial charge is 0.254 e. The lowest BCUT2D eigenvalue weighted by Gasteiger charge is -2.26. The first-order valence-corrected chi connectivity index (χ1v) is 9.05. The van der Waals surface area contributed by atoms with Gasteiger partial charge in [0.15, 0.2) is 0 Å². The maximum absolute atomic E-state index is 12.3. The summed E-state index contributed by atoms with van der Waals surface area (Å²) in [6.45, 7) is 2.16. The van der Waals surface area contributed by atoms with Crippen molar-refractivity contribution in [3.8, 4) is 0 Å². The van der Waals surface area contributed by atoms with Gasteiger partial charge in [0.1, 0.15) is 6.10 Å². The summed E-state index contributed by atoms with van der Waals surface area (Å²) in [4.78, 5) is 26.3. The third-order valence-corrected chi connectivity index (χ3v) is 5.08. The minimum atomic E-state index is -0.0958. The van der Waals surface area contributed by atoms with Crippen molar-refractivity contribution in [3.63, 3.8) is 0 Å². The molecule has 1 unspecified atom stereocenters. The first-order chi connectivity index (χ1) is 12.7. The Balaban J connectivity index is 1.28. The summed E-state index contributed by atoms with van der Waals surface area (Å²) < 4.78 is 5.81. The molecule has 0 saturated carbocycles. The van der Waals surface area contributed by atoms with Crippen LogP contribution in [0, 0.1) is 0 Å². The van der Waals surface area contributed by atoms with Crippen molar-refractivity contribution in [2.75, 3.05) is 19.7 Å². The number of nitrogens with zero attached hydrogens (tertiary/aromatic N) is 1. The van der Waals surface area contributed by atoms with E-state index in [0.29, 0.717) is 32.7 Å². The van der Waals surface area contributed by atoms with Gasteiger partial charge in [-0.05, 0) is 29.2 Å². The summed E-state index contributed by atoms with van der Waals surface area (Å²) in [6.07, 6.45) is 1.12. The largest absolute Gasteiger partial charge is 0.371 e. The van der Waals surface area contributed by atoms with E-state index in [1.54, 1.807) is 4.90 Å². The first kappa shape index (κ1) is 16.8. The zero-order valence-electron chi connectivity index (χ0n) is 14.6. The van der Waals surface area contributed by atoms with Crippen molar-refractivity contribution in [1.29, 1.82) is 0 Å². The highest BCUT2D eigenvalue weighted by Gasteiger charge is 2.27. The van der Waals surface area contributed by atoms with Crippen LogP contribution in [0.4, 0.5) is 0 Å². The normalized spacial score (nSPS) is 18.4. The second-order valence-electron chi connectivity index (χ2n) is 6.75. The minimum Gasteiger partial charge on any atom is -0.371 e. The van der Waals surface area contributed by atoms with Crippen LogP contribution in [0.1, 0.15) is 39.6 Å². The number of carbonyl (C=O) groups excluding carboxylic acids is 2. The second-order valence-corrected chi connectivity index (χ2v) is 6.75. The third-order valence-electron chi connectivity index (χ3n) is 5.08. The standard InChI is InChI=1S/C21H22N2O3/c24-20(9-11-23-14-16-6-2-4-8-18(16)21(23)25)22-13-19-17-7-3-1-5-15(17)10-12-26-19/h1-8,19H,9-14H2,(H,22,24). The zero-order chi connectivity index (χ0) is 17.9. The molecule has 0 saturated heterocycles. The van der Waals surface area contributed by atoms with Gasteiger partial charge in [-0.25, -0.2) is 0 Å². The average molecular weight is 350 g/mol. The van der Waals surface area contributed by atoms with E-state index in [1.807, 2.05) is 36.4 Å². The molecule has 2 aliphatic rings. The molecule has 2 amide bonds. The molecule has 1 atom stereocenters. The van der Waals surface area contributed by atoms with E-state index in [1.165, 1.54) is 5.56 Å². The fourth-order valence-electron chi connectivity index (χ4n) is 3.67. The highest BCUT2D eigenvalue weighted by atomic mass is 16.5. The Bertz CT molecular complexity index is 834. The van der Waals surface area contributed by atoms with E-state index >= 15 is 0 Å². The summed E-state index contributed by atoms with van der Waals surface area (Å²) in [7, 11) is 0.